The van der Waals surface area contributed by atoms with E-state index in [2.05, 4.69) is 0 Å². The molecular weight excluding hydrogens is 106 g/mol. The third kappa shape index (κ3) is 435. The van der Waals surface area contributed by atoms with Gasteiger partial charge >= 0.3 is 18.9 Å². The first-order chi connectivity index (χ1) is 1.73. The van der Waals surface area contributed by atoms with Gasteiger partial charge in [-0.2, -0.15) is 0 Å². The van der Waals surface area contributed by atoms with Crippen LogP contribution in [0.1, 0.15) is 8.35 Å². The first-order valence-corrected chi connectivity index (χ1v) is 0.928. The monoisotopic (exact) mass is 116 g/mol. The second-order valence-electron chi connectivity index (χ2n) is 0.519. The number of hydrogen-bond donors (Lipinski definition) is 1. The van der Waals surface area contributed by atoms with Gasteiger partial charge in [0.05, 0.1) is 0 Å². The predicted octanol–water partition coefficient (Wildman–Crippen LogP) is -4.80. The molecule has 0 bridgehead atoms. The van der Waals surface area contributed by atoms with Gasteiger partial charge in [0.25, 0.3) is 5.97 Å². The molecule has 0 rings (SSSR count). The van der Waals surface area contributed by atoms with Crippen molar-refractivity contribution in [2.45, 2.75) is 6.92 Å². The van der Waals surface area contributed by atoms with Gasteiger partial charge in [-0.15, -0.1) is 0 Å². The van der Waals surface area contributed by atoms with Gasteiger partial charge < -0.3 is 12.0 Å². The molecule has 0 aromatic rings. The van der Waals surface area contributed by atoms with E-state index in [1.807, 2.05) is 0 Å². The Morgan fingerprint density at radius 2 is 1.71 bits per heavy atom. The second kappa shape index (κ2) is 16.0. The van der Waals surface area contributed by atoms with E-state index in [0.29, 0.717) is 0 Å². The molecule has 0 aromatic heterocycles. The summed E-state index contributed by atoms with van der Waals surface area (Å²) in [6.07, 6.45) is 0. The Morgan fingerprint density at radius 1 is 1.71 bits per heavy atom. The zero-order valence-corrected chi connectivity index (χ0v) is 3.86. The second-order valence-corrected chi connectivity index (χ2v) is 0.519. The van der Waals surface area contributed by atoms with Crippen molar-refractivity contribution in [3.63, 3.8) is 0 Å². The quantitative estimate of drug-likeness (QED) is 0.323. The van der Waals surface area contributed by atoms with Crippen LogP contribution >= 0.6 is 0 Å². The van der Waals surface area contributed by atoms with E-state index >= 15 is 0 Å². The molecule has 0 unspecified atom stereocenters. The van der Waals surface area contributed by atoms with Gasteiger partial charge in [-0.05, 0) is 0 Å². The van der Waals surface area contributed by atoms with Crippen molar-refractivity contribution in [2.75, 3.05) is 0 Å². The molecule has 5 heteroatoms. The molecule has 0 heterocycles. The molecule has 0 aliphatic rings. The first kappa shape index (κ1) is 25.7. The van der Waals surface area contributed by atoms with Crippen molar-refractivity contribution in [3.8, 4) is 0 Å². The molecule has 0 fully saturated rings. The van der Waals surface area contributed by atoms with Crippen molar-refractivity contribution in [2.24, 2.45) is 0 Å². The van der Waals surface area contributed by atoms with Crippen LogP contribution in [0.4, 0.5) is 0 Å². The molecule has 0 amide bonds. The van der Waals surface area contributed by atoms with Gasteiger partial charge in [-0.25, -0.2) is 0 Å². The van der Waals surface area contributed by atoms with Gasteiger partial charge in [-0.3, -0.25) is 4.79 Å². The minimum Gasteiger partial charge on any atom is -1.00 e. The first-order valence-electron chi connectivity index (χ1n) is 0.928. The van der Waals surface area contributed by atoms with Crippen molar-refractivity contribution < 1.29 is 35.7 Å². The largest absolute Gasteiger partial charge is 1.00 e. The van der Waals surface area contributed by atoms with E-state index < -0.39 is 5.97 Å². The normalized spacial score (nSPS) is 3.57. The van der Waals surface area contributed by atoms with E-state index in [1.54, 1.807) is 0 Å². The summed E-state index contributed by atoms with van der Waals surface area (Å²) in [5.74, 6) is -0.833. The minimum atomic E-state index is -0.833. The maximum atomic E-state index is 9.00. The Bertz CT molecular complexity index is 40.3. The molecule has 3 N–H and O–H groups in total. The third-order valence-electron chi connectivity index (χ3n) is 0. The summed E-state index contributed by atoms with van der Waals surface area (Å²) in [5, 5.41) is 7.42. The number of aliphatic carboxylic acids is 1. The summed E-state index contributed by atoms with van der Waals surface area (Å²) in [7, 11) is 0. The van der Waals surface area contributed by atoms with Crippen LogP contribution in [0.3, 0.4) is 0 Å². The Balaban J connectivity index is -0.00000000750. The molecule has 0 saturated heterocycles. The molecule has 0 aromatic carbocycles. The molecule has 3 nitrogen and oxygen atoms in total. The third-order valence-corrected chi connectivity index (χ3v) is 0. The topological polar surface area (TPSA) is 68.8 Å². The van der Waals surface area contributed by atoms with E-state index in [1.165, 1.54) is 0 Å². The van der Waals surface area contributed by atoms with Crippen LogP contribution in [0.2, 0.25) is 0 Å². The van der Waals surface area contributed by atoms with Gasteiger partial charge in [0, 0.05) is 6.92 Å². The summed E-state index contributed by atoms with van der Waals surface area (Å²) >= 11 is 0. The number of rotatable bonds is 0. The number of hydrogen-bond acceptors (Lipinski definition) is 1. The molecule has 0 radical (unpaired) electrons. The Labute approximate surface area is 66.2 Å². The summed E-state index contributed by atoms with van der Waals surface area (Å²) in [6, 6.07) is 0. The maximum absolute atomic E-state index is 9.00. The van der Waals surface area contributed by atoms with Gasteiger partial charge in [0.1, 0.15) is 0 Å². The molecule has 0 spiro atoms. The van der Waals surface area contributed by atoms with Gasteiger partial charge in [0.15, 0.2) is 17.4 Å². The van der Waals surface area contributed by atoms with Crippen molar-refractivity contribution in [3.05, 3.63) is 0 Å². The molecule has 7 heavy (non-hydrogen) atoms. The van der Waals surface area contributed by atoms with Crippen LogP contribution in [-0.2, 0) is 4.79 Å². The van der Waals surface area contributed by atoms with Crippen LogP contribution in [0, 0.1) is 0 Å². The predicted molar refractivity (Wildman–Crippen MR) is 28.0 cm³/mol. The zero-order chi connectivity index (χ0) is 3.58. The molecule has 0 atom stereocenters. The van der Waals surface area contributed by atoms with Gasteiger partial charge in [-0.1, -0.05) is 0 Å². The average molecular weight is 116 g/mol. The molecule has 0 saturated carbocycles. The number of carboxylic acids is 1. The summed E-state index contributed by atoms with van der Waals surface area (Å²) in [5.41, 5.74) is 0. The minimum absolute atomic E-state index is 0. The van der Waals surface area contributed by atoms with Crippen molar-refractivity contribution >= 4 is 23.3 Å². The fourth-order valence-electron chi connectivity index (χ4n) is 0. The molecule has 0 aliphatic carbocycles. The summed E-state index contributed by atoms with van der Waals surface area (Å²) in [6.45, 7) is 1.08. The van der Waals surface area contributed by atoms with Crippen LogP contribution < -0.4 is 18.9 Å². The zero-order valence-electron chi connectivity index (χ0n) is 4.86. The van der Waals surface area contributed by atoms with Crippen LogP contribution in [0.25, 0.3) is 0 Å². The Morgan fingerprint density at radius 3 is 1.71 bits per heavy atom. The molecule has 40 valence electrons. The van der Waals surface area contributed by atoms with E-state index in [4.69, 9.17) is 9.90 Å². The van der Waals surface area contributed by atoms with E-state index in [0.717, 1.165) is 6.92 Å². The SMILES string of the molecule is CC(=O)O.O.[AlH3].[H-].[Li+]. The fraction of sp³-hybridized carbons (Fsp3) is 0.500. The summed E-state index contributed by atoms with van der Waals surface area (Å²) in [4.78, 5) is 9.00. The Hall–Kier alpha value is 0.560. The Kier molecular flexibility index (Phi) is 58.7. The molecular formula is C2H10AlLiO3. The summed E-state index contributed by atoms with van der Waals surface area (Å²) < 4.78 is 0. The average Bonchev–Trinajstić information content (AvgIpc) is 0.811. The fourth-order valence-corrected chi connectivity index (χ4v) is 0. The smallest absolute Gasteiger partial charge is 1.00 e. The number of carbonyl (C=O) groups is 1. The van der Waals surface area contributed by atoms with Crippen molar-refractivity contribution in [1.29, 1.82) is 0 Å². The van der Waals surface area contributed by atoms with Crippen LogP contribution in [0.5, 0.6) is 0 Å². The standard InChI is InChI=1S/C2H4O2.Al.Li.H2O.4H/c1-2(3)4;;;;;;;/h1H3,(H,3,4);;;1H2;;;;/q;;+1;;;;;-1. The van der Waals surface area contributed by atoms with E-state index in [9.17, 15) is 0 Å². The van der Waals surface area contributed by atoms with Gasteiger partial charge in [0.2, 0.25) is 0 Å². The number of carboxylic acid groups (broad SMARTS) is 1. The van der Waals surface area contributed by atoms with E-state index in [-0.39, 0.29) is 43.1 Å². The van der Waals surface area contributed by atoms with Crippen LogP contribution in [0.15, 0.2) is 0 Å². The van der Waals surface area contributed by atoms with Crippen molar-refractivity contribution in [1.82, 2.24) is 0 Å². The molecule has 0 aliphatic heterocycles. The maximum Gasteiger partial charge on any atom is 1.00 e. The van der Waals surface area contributed by atoms with Crippen LogP contribution in [-0.4, -0.2) is 33.9 Å².